The van der Waals surface area contributed by atoms with Gasteiger partial charge >= 0.3 is 0 Å². The first-order valence-corrected chi connectivity index (χ1v) is 6.83. The van der Waals surface area contributed by atoms with Crippen molar-refractivity contribution in [2.24, 2.45) is 0 Å². The van der Waals surface area contributed by atoms with Crippen LogP contribution in [0.3, 0.4) is 0 Å². The molecular weight excluding hydrogens is 309 g/mol. The fourth-order valence-electron chi connectivity index (χ4n) is 1.89. The zero-order chi connectivity index (χ0) is 13.7. The number of rotatable bonds is 5. The minimum Gasteiger partial charge on any atom is -0.394 e. The van der Waals surface area contributed by atoms with Gasteiger partial charge in [-0.25, -0.2) is 4.39 Å². The molecule has 2 aromatic rings. The average Bonchev–Trinajstić information content (AvgIpc) is 2.44. The second kappa shape index (κ2) is 6.80. The highest BCUT2D eigenvalue weighted by atomic mass is 79.9. The van der Waals surface area contributed by atoms with E-state index >= 15 is 0 Å². The Balaban J connectivity index is 2.06. The molecule has 0 spiro atoms. The van der Waals surface area contributed by atoms with Crippen LogP contribution in [0.25, 0.3) is 0 Å². The number of hydrogen-bond acceptors (Lipinski definition) is 2. The van der Waals surface area contributed by atoms with Crippen LogP contribution in [0.5, 0.6) is 0 Å². The van der Waals surface area contributed by atoms with Gasteiger partial charge in [-0.2, -0.15) is 0 Å². The van der Waals surface area contributed by atoms with Crippen LogP contribution in [0, 0.1) is 5.82 Å². The Morgan fingerprint density at radius 2 is 1.89 bits per heavy atom. The average molecular weight is 324 g/mol. The Morgan fingerprint density at radius 1 is 1.16 bits per heavy atom. The Morgan fingerprint density at radius 3 is 2.58 bits per heavy atom. The molecule has 0 fully saturated rings. The molecule has 19 heavy (non-hydrogen) atoms. The van der Waals surface area contributed by atoms with Gasteiger partial charge in [-0.1, -0.05) is 46.3 Å². The third-order valence-corrected chi connectivity index (χ3v) is 3.70. The van der Waals surface area contributed by atoms with Gasteiger partial charge in [0, 0.05) is 11.0 Å². The second-order valence-electron chi connectivity index (χ2n) is 4.26. The summed E-state index contributed by atoms with van der Waals surface area (Å²) in [6.45, 7) is 0.482. The summed E-state index contributed by atoms with van der Waals surface area (Å²) in [6.07, 6.45) is 0. The topological polar surface area (TPSA) is 32.3 Å². The van der Waals surface area contributed by atoms with Crippen LogP contribution < -0.4 is 5.32 Å². The van der Waals surface area contributed by atoms with Crippen molar-refractivity contribution in [2.45, 2.75) is 12.6 Å². The molecule has 4 heteroatoms. The third-order valence-electron chi connectivity index (χ3n) is 2.93. The van der Waals surface area contributed by atoms with E-state index < -0.39 is 0 Å². The van der Waals surface area contributed by atoms with E-state index in [-0.39, 0.29) is 18.5 Å². The predicted octanol–water partition coefficient (Wildman–Crippen LogP) is 3.41. The summed E-state index contributed by atoms with van der Waals surface area (Å²) in [4.78, 5) is 0. The van der Waals surface area contributed by atoms with Gasteiger partial charge in [0.25, 0.3) is 0 Å². The molecule has 2 rings (SSSR count). The van der Waals surface area contributed by atoms with Crippen molar-refractivity contribution in [1.82, 2.24) is 5.32 Å². The van der Waals surface area contributed by atoms with Crippen molar-refractivity contribution >= 4 is 15.9 Å². The number of benzene rings is 2. The van der Waals surface area contributed by atoms with Gasteiger partial charge in [0.1, 0.15) is 5.82 Å². The van der Waals surface area contributed by atoms with Crippen molar-refractivity contribution < 1.29 is 9.50 Å². The molecule has 0 amide bonds. The lowest BCUT2D eigenvalue weighted by Gasteiger charge is -2.17. The normalized spacial score (nSPS) is 12.4. The van der Waals surface area contributed by atoms with Crippen molar-refractivity contribution in [3.8, 4) is 0 Å². The summed E-state index contributed by atoms with van der Waals surface area (Å²) >= 11 is 3.39. The smallest absolute Gasteiger partial charge is 0.123 e. The molecule has 0 aliphatic heterocycles. The van der Waals surface area contributed by atoms with Crippen LogP contribution in [0.2, 0.25) is 0 Å². The summed E-state index contributed by atoms with van der Waals surface area (Å²) in [7, 11) is 0. The van der Waals surface area contributed by atoms with Gasteiger partial charge in [0.15, 0.2) is 0 Å². The van der Waals surface area contributed by atoms with E-state index in [9.17, 15) is 9.50 Å². The largest absolute Gasteiger partial charge is 0.394 e. The van der Waals surface area contributed by atoms with Crippen LogP contribution in [-0.2, 0) is 6.54 Å². The molecule has 0 saturated heterocycles. The standard InChI is InChI=1S/C15H15BrFNO/c16-14-7-6-13(17)8-12(14)9-18-15(10-19)11-4-2-1-3-5-11/h1-8,15,18-19H,9-10H2/t15-/m1/s1. The van der Waals surface area contributed by atoms with Crippen molar-refractivity contribution in [3.63, 3.8) is 0 Å². The molecular formula is C15H15BrFNO. The number of nitrogens with one attached hydrogen (secondary N) is 1. The lowest BCUT2D eigenvalue weighted by Crippen LogP contribution is -2.24. The van der Waals surface area contributed by atoms with Crippen molar-refractivity contribution in [1.29, 1.82) is 0 Å². The molecule has 0 bridgehead atoms. The molecule has 0 radical (unpaired) electrons. The van der Waals surface area contributed by atoms with Gasteiger partial charge in [0.2, 0.25) is 0 Å². The zero-order valence-corrected chi connectivity index (χ0v) is 11.9. The molecule has 0 aromatic heterocycles. The summed E-state index contributed by atoms with van der Waals surface area (Å²) in [5.41, 5.74) is 1.84. The quantitative estimate of drug-likeness (QED) is 0.883. The third kappa shape index (κ3) is 3.86. The second-order valence-corrected chi connectivity index (χ2v) is 5.12. The van der Waals surface area contributed by atoms with Crippen LogP contribution >= 0.6 is 15.9 Å². The maximum Gasteiger partial charge on any atom is 0.123 e. The first-order valence-electron chi connectivity index (χ1n) is 6.04. The molecule has 1 atom stereocenters. The Kier molecular flexibility index (Phi) is 5.07. The SMILES string of the molecule is OC[C@@H](NCc1cc(F)ccc1Br)c1ccccc1. The van der Waals surface area contributed by atoms with Gasteiger partial charge in [-0.05, 0) is 29.3 Å². The van der Waals surface area contributed by atoms with E-state index in [1.165, 1.54) is 12.1 Å². The molecule has 0 aliphatic rings. The van der Waals surface area contributed by atoms with Gasteiger partial charge < -0.3 is 10.4 Å². The lowest BCUT2D eigenvalue weighted by atomic mass is 10.1. The first-order chi connectivity index (χ1) is 9.20. The lowest BCUT2D eigenvalue weighted by molar-refractivity contribution is 0.243. The highest BCUT2D eigenvalue weighted by Crippen LogP contribution is 2.19. The fourth-order valence-corrected chi connectivity index (χ4v) is 2.27. The fraction of sp³-hybridized carbons (Fsp3) is 0.200. The van der Waals surface area contributed by atoms with E-state index in [0.717, 1.165) is 15.6 Å². The summed E-state index contributed by atoms with van der Waals surface area (Å²) < 4.78 is 14.0. The number of aliphatic hydroxyl groups excluding tert-OH is 1. The number of halogens is 2. The maximum absolute atomic E-state index is 13.2. The Labute approximate surface area is 120 Å². The minimum atomic E-state index is -0.264. The van der Waals surface area contributed by atoms with Crippen LogP contribution in [-0.4, -0.2) is 11.7 Å². The van der Waals surface area contributed by atoms with E-state index in [1.807, 2.05) is 30.3 Å². The molecule has 0 aliphatic carbocycles. The van der Waals surface area contributed by atoms with Gasteiger partial charge in [-0.15, -0.1) is 0 Å². The van der Waals surface area contributed by atoms with E-state index in [4.69, 9.17) is 0 Å². The molecule has 2 N–H and O–H groups in total. The Hall–Kier alpha value is -1.23. The van der Waals surface area contributed by atoms with E-state index in [1.54, 1.807) is 6.07 Å². The summed E-state index contributed by atoms with van der Waals surface area (Å²) in [5, 5.41) is 12.7. The monoisotopic (exact) mass is 323 g/mol. The molecule has 2 aromatic carbocycles. The minimum absolute atomic E-state index is 0.00303. The molecule has 2 nitrogen and oxygen atoms in total. The molecule has 0 unspecified atom stereocenters. The first kappa shape index (κ1) is 14.2. The summed E-state index contributed by atoms with van der Waals surface area (Å²) in [6, 6.07) is 14.1. The van der Waals surface area contributed by atoms with Crippen LogP contribution in [0.1, 0.15) is 17.2 Å². The highest BCUT2D eigenvalue weighted by molar-refractivity contribution is 9.10. The predicted molar refractivity (Wildman–Crippen MR) is 77.2 cm³/mol. The van der Waals surface area contributed by atoms with E-state index in [0.29, 0.717) is 6.54 Å². The molecule has 100 valence electrons. The van der Waals surface area contributed by atoms with Crippen LogP contribution in [0.15, 0.2) is 53.0 Å². The highest BCUT2D eigenvalue weighted by Gasteiger charge is 2.10. The molecule has 0 saturated carbocycles. The molecule has 0 heterocycles. The number of hydrogen-bond donors (Lipinski definition) is 2. The van der Waals surface area contributed by atoms with Crippen LogP contribution in [0.4, 0.5) is 4.39 Å². The number of aliphatic hydroxyl groups is 1. The summed E-state index contributed by atoms with van der Waals surface area (Å²) in [5.74, 6) is -0.264. The van der Waals surface area contributed by atoms with Crippen molar-refractivity contribution in [3.05, 3.63) is 69.9 Å². The van der Waals surface area contributed by atoms with E-state index in [2.05, 4.69) is 21.2 Å². The van der Waals surface area contributed by atoms with Crippen molar-refractivity contribution in [2.75, 3.05) is 6.61 Å². The zero-order valence-electron chi connectivity index (χ0n) is 10.3. The maximum atomic E-state index is 13.2. The van der Waals surface area contributed by atoms with Gasteiger partial charge in [-0.3, -0.25) is 0 Å². The Bertz CT molecular complexity index is 533. The van der Waals surface area contributed by atoms with Gasteiger partial charge in [0.05, 0.1) is 12.6 Å².